The van der Waals surface area contributed by atoms with Gasteiger partial charge in [0.1, 0.15) is 11.6 Å². The summed E-state index contributed by atoms with van der Waals surface area (Å²) >= 11 is 0. The smallest absolute Gasteiger partial charge is 0.387 e. The first kappa shape index (κ1) is 15.9. The first-order chi connectivity index (χ1) is 11.5. The minimum Gasteiger partial charge on any atom is -0.435 e. The van der Waals surface area contributed by atoms with Crippen LogP contribution >= 0.6 is 0 Å². The second-order valence-electron chi connectivity index (χ2n) is 5.14. The van der Waals surface area contributed by atoms with Crippen molar-refractivity contribution in [2.75, 3.05) is 17.6 Å². The first-order valence-electron chi connectivity index (χ1n) is 7.26. The monoisotopic (exact) mass is 334 g/mol. The van der Waals surface area contributed by atoms with Gasteiger partial charge in [0.25, 0.3) is 0 Å². The van der Waals surface area contributed by atoms with Crippen LogP contribution in [-0.2, 0) is 13.5 Å². The molecule has 7 nitrogen and oxygen atoms in total. The molecular weight excluding hydrogens is 318 g/mol. The van der Waals surface area contributed by atoms with Crippen molar-refractivity contribution in [2.45, 2.75) is 13.0 Å². The van der Waals surface area contributed by atoms with Crippen molar-refractivity contribution in [3.63, 3.8) is 0 Å². The number of hydrogen-bond acceptors (Lipinski definition) is 6. The molecule has 0 saturated heterocycles. The van der Waals surface area contributed by atoms with Gasteiger partial charge in [0.2, 0.25) is 5.95 Å². The maximum absolute atomic E-state index is 12.1. The molecule has 2 heterocycles. The fourth-order valence-corrected chi connectivity index (χ4v) is 2.34. The van der Waals surface area contributed by atoms with Crippen molar-refractivity contribution in [3.8, 4) is 5.75 Å². The Morgan fingerprint density at radius 2 is 2.00 bits per heavy atom. The summed E-state index contributed by atoms with van der Waals surface area (Å²) in [7, 11) is 1.78. The van der Waals surface area contributed by atoms with E-state index in [2.05, 4.69) is 25.1 Å². The van der Waals surface area contributed by atoms with Gasteiger partial charge in [0.15, 0.2) is 5.65 Å². The van der Waals surface area contributed by atoms with E-state index in [4.69, 9.17) is 5.73 Å². The Morgan fingerprint density at radius 1 is 1.25 bits per heavy atom. The number of nitrogens with one attached hydrogen (secondary N) is 1. The third-order valence-electron chi connectivity index (χ3n) is 3.46. The van der Waals surface area contributed by atoms with Gasteiger partial charge < -0.3 is 15.8 Å². The Balaban J connectivity index is 1.64. The number of nitrogens with zero attached hydrogens (tertiary/aromatic N) is 4. The van der Waals surface area contributed by atoms with Crippen LogP contribution in [0.15, 0.2) is 30.5 Å². The summed E-state index contributed by atoms with van der Waals surface area (Å²) in [5, 5.41) is 8.13. The Morgan fingerprint density at radius 3 is 2.71 bits per heavy atom. The van der Waals surface area contributed by atoms with Crippen LogP contribution in [0, 0.1) is 0 Å². The van der Waals surface area contributed by atoms with Gasteiger partial charge in [-0.1, -0.05) is 12.1 Å². The van der Waals surface area contributed by atoms with Gasteiger partial charge in [-0.2, -0.15) is 23.8 Å². The molecule has 0 unspecified atom stereocenters. The molecule has 0 fully saturated rings. The van der Waals surface area contributed by atoms with E-state index >= 15 is 0 Å². The van der Waals surface area contributed by atoms with Crippen LogP contribution in [0.5, 0.6) is 5.75 Å². The lowest BCUT2D eigenvalue weighted by Gasteiger charge is -2.08. The summed E-state index contributed by atoms with van der Waals surface area (Å²) in [5.41, 5.74) is 7.35. The molecule has 0 amide bonds. The molecule has 9 heteroatoms. The van der Waals surface area contributed by atoms with Crippen LogP contribution in [0.2, 0.25) is 0 Å². The van der Waals surface area contributed by atoms with E-state index in [9.17, 15) is 8.78 Å². The van der Waals surface area contributed by atoms with E-state index in [0.29, 0.717) is 24.4 Å². The largest absolute Gasteiger partial charge is 0.435 e. The first-order valence-corrected chi connectivity index (χ1v) is 7.26. The Hall–Kier alpha value is -2.97. The van der Waals surface area contributed by atoms with Gasteiger partial charge in [-0.15, -0.1) is 0 Å². The van der Waals surface area contributed by atoms with Crippen molar-refractivity contribution >= 4 is 22.8 Å². The number of fused-ring (bicyclic) bond motifs is 1. The minimum atomic E-state index is -2.82. The van der Waals surface area contributed by atoms with Gasteiger partial charge in [-0.3, -0.25) is 4.68 Å². The molecule has 0 aliphatic rings. The molecule has 0 aliphatic carbocycles. The summed E-state index contributed by atoms with van der Waals surface area (Å²) < 4.78 is 30.2. The minimum absolute atomic E-state index is 0.141. The standard InChI is InChI=1S/C15H16F2N6O/c1-23-13-11(8-20-23)12(21-15(18)22-13)19-7-6-9-2-4-10(5-3-9)24-14(16)17/h2-5,8,14H,6-7H2,1H3,(H3,18,19,21,22). The zero-order chi connectivity index (χ0) is 17.1. The molecule has 1 aromatic carbocycles. The number of alkyl halides is 2. The third kappa shape index (κ3) is 3.50. The highest BCUT2D eigenvalue weighted by molar-refractivity contribution is 5.87. The van der Waals surface area contributed by atoms with E-state index in [1.165, 1.54) is 12.1 Å². The van der Waals surface area contributed by atoms with Gasteiger partial charge >= 0.3 is 6.61 Å². The summed E-state index contributed by atoms with van der Waals surface area (Å²) in [6.45, 7) is -2.22. The molecule has 24 heavy (non-hydrogen) atoms. The van der Waals surface area contributed by atoms with E-state index in [0.717, 1.165) is 10.9 Å². The lowest BCUT2D eigenvalue weighted by Crippen LogP contribution is -2.09. The highest BCUT2D eigenvalue weighted by Gasteiger charge is 2.10. The Bertz CT molecular complexity index is 834. The second kappa shape index (κ2) is 6.65. The molecule has 126 valence electrons. The molecular formula is C15H16F2N6O. The number of anilines is 2. The fraction of sp³-hybridized carbons (Fsp3) is 0.267. The van der Waals surface area contributed by atoms with Gasteiger partial charge in [0, 0.05) is 13.6 Å². The van der Waals surface area contributed by atoms with Crippen LogP contribution in [-0.4, -0.2) is 32.9 Å². The Kier molecular flexibility index (Phi) is 4.41. The van der Waals surface area contributed by atoms with Crippen LogP contribution < -0.4 is 15.8 Å². The number of aryl methyl sites for hydroxylation is 1. The maximum Gasteiger partial charge on any atom is 0.387 e. The number of aromatic nitrogens is 4. The quantitative estimate of drug-likeness (QED) is 0.718. The predicted molar refractivity (Wildman–Crippen MR) is 86.0 cm³/mol. The zero-order valence-electron chi connectivity index (χ0n) is 12.9. The van der Waals surface area contributed by atoms with Gasteiger partial charge in [0.05, 0.1) is 11.6 Å². The topological polar surface area (TPSA) is 90.9 Å². The predicted octanol–water partition coefficient (Wildman–Crippen LogP) is 2.20. The number of rotatable bonds is 6. The normalized spacial score (nSPS) is 11.2. The van der Waals surface area contributed by atoms with Crippen LogP contribution in [0.3, 0.4) is 0 Å². The third-order valence-corrected chi connectivity index (χ3v) is 3.46. The van der Waals surface area contributed by atoms with E-state index in [-0.39, 0.29) is 11.7 Å². The lowest BCUT2D eigenvalue weighted by molar-refractivity contribution is -0.0498. The lowest BCUT2D eigenvalue weighted by atomic mass is 10.1. The molecule has 0 bridgehead atoms. The van der Waals surface area contributed by atoms with Crippen LogP contribution in [0.1, 0.15) is 5.56 Å². The summed E-state index contributed by atoms with van der Waals surface area (Å²) in [6.07, 6.45) is 2.36. The maximum atomic E-state index is 12.1. The molecule has 3 rings (SSSR count). The van der Waals surface area contributed by atoms with Gasteiger partial charge in [-0.05, 0) is 24.1 Å². The number of benzene rings is 1. The highest BCUT2D eigenvalue weighted by atomic mass is 19.3. The highest BCUT2D eigenvalue weighted by Crippen LogP contribution is 2.20. The molecule has 0 aliphatic heterocycles. The molecule has 2 aromatic heterocycles. The molecule has 0 radical (unpaired) electrons. The van der Waals surface area contributed by atoms with Gasteiger partial charge in [-0.25, -0.2) is 0 Å². The van der Waals surface area contributed by atoms with Crippen LogP contribution in [0.4, 0.5) is 20.5 Å². The number of hydrogen-bond donors (Lipinski definition) is 2. The summed E-state index contributed by atoms with van der Waals surface area (Å²) in [5.74, 6) is 0.924. The van der Waals surface area contributed by atoms with Crippen molar-refractivity contribution in [2.24, 2.45) is 7.05 Å². The van der Waals surface area contributed by atoms with E-state index in [1.807, 2.05) is 0 Å². The number of nitrogens with two attached hydrogens (primary N) is 1. The SMILES string of the molecule is Cn1ncc2c(NCCc3ccc(OC(F)F)cc3)nc(N)nc21. The molecule has 0 atom stereocenters. The van der Waals surface area contributed by atoms with E-state index in [1.54, 1.807) is 30.1 Å². The zero-order valence-corrected chi connectivity index (χ0v) is 12.9. The average molecular weight is 334 g/mol. The number of halogens is 2. The summed E-state index contributed by atoms with van der Waals surface area (Å²) in [6, 6.07) is 6.52. The second-order valence-corrected chi connectivity index (χ2v) is 5.14. The van der Waals surface area contributed by atoms with E-state index < -0.39 is 6.61 Å². The summed E-state index contributed by atoms with van der Waals surface area (Å²) in [4.78, 5) is 8.34. The molecule has 3 aromatic rings. The fourth-order valence-electron chi connectivity index (χ4n) is 2.34. The van der Waals surface area contributed by atoms with Crippen LogP contribution in [0.25, 0.3) is 11.0 Å². The molecule has 3 N–H and O–H groups in total. The number of nitrogen functional groups attached to an aromatic ring is 1. The van der Waals surface area contributed by atoms with Crippen molar-refractivity contribution in [3.05, 3.63) is 36.0 Å². The number of ether oxygens (including phenoxy) is 1. The van der Waals surface area contributed by atoms with Crippen molar-refractivity contribution in [1.82, 2.24) is 19.7 Å². The Labute approximate surface area is 136 Å². The molecule has 0 saturated carbocycles. The van der Waals surface area contributed by atoms with Crippen molar-refractivity contribution < 1.29 is 13.5 Å². The van der Waals surface area contributed by atoms with Crippen molar-refractivity contribution in [1.29, 1.82) is 0 Å². The molecule has 0 spiro atoms. The average Bonchev–Trinajstić information content (AvgIpc) is 2.90.